The third kappa shape index (κ3) is 1.59. The van der Waals surface area contributed by atoms with Crippen molar-refractivity contribution in [2.75, 3.05) is 5.73 Å². The topological polar surface area (TPSA) is 91.3 Å². The van der Waals surface area contributed by atoms with Crippen molar-refractivity contribution in [2.45, 2.75) is 18.9 Å². The van der Waals surface area contributed by atoms with Gasteiger partial charge < -0.3 is 10.5 Å². The average Bonchev–Trinajstić information content (AvgIpc) is 2.92. The fourth-order valence-corrected chi connectivity index (χ4v) is 1.05. The minimum absolute atomic E-state index is 0.0527. The number of nitro groups is 1. The molecule has 0 radical (unpaired) electrons. The summed E-state index contributed by atoms with van der Waals surface area (Å²) in [5.74, 6) is 0.307. The van der Waals surface area contributed by atoms with E-state index in [4.69, 9.17) is 10.5 Å². The number of anilines is 1. The van der Waals surface area contributed by atoms with Gasteiger partial charge >= 0.3 is 5.69 Å². The highest BCUT2D eigenvalue weighted by atomic mass is 16.6. The summed E-state index contributed by atoms with van der Waals surface area (Å²) in [4.78, 5) is 13.6. The summed E-state index contributed by atoms with van der Waals surface area (Å²) in [5, 5.41) is 10.5. The zero-order chi connectivity index (χ0) is 10.1. The van der Waals surface area contributed by atoms with Crippen LogP contribution in [0.1, 0.15) is 12.8 Å². The van der Waals surface area contributed by atoms with Gasteiger partial charge in [0, 0.05) is 0 Å². The minimum Gasteiger partial charge on any atom is -0.486 e. The zero-order valence-corrected chi connectivity index (χ0v) is 7.34. The molecule has 1 aliphatic rings. The number of hydrogen-bond acceptors (Lipinski definition) is 5. The summed E-state index contributed by atoms with van der Waals surface area (Å²) in [6.45, 7) is 0. The molecule has 1 saturated carbocycles. The van der Waals surface area contributed by atoms with E-state index in [9.17, 15) is 10.1 Å². The number of hydrogen-bond donors (Lipinski definition) is 1. The quantitative estimate of drug-likeness (QED) is 0.576. The Labute approximate surface area is 79.8 Å². The van der Waals surface area contributed by atoms with Gasteiger partial charge in [0.15, 0.2) is 11.4 Å². The second-order valence-corrected chi connectivity index (χ2v) is 3.14. The molecule has 2 rings (SSSR count). The first-order valence-electron chi connectivity index (χ1n) is 4.23. The van der Waals surface area contributed by atoms with Crippen LogP contribution >= 0.6 is 0 Å². The Kier molecular flexibility index (Phi) is 1.95. The summed E-state index contributed by atoms with van der Waals surface area (Å²) in [6.07, 6.45) is 4.63. The molecule has 1 aromatic heterocycles. The van der Waals surface area contributed by atoms with Gasteiger partial charge in [0.05, 0.1) is 17.2 Å². The Morgan fingerprint density at radius 3 is 2.86 bits per heavy atom. The molecule has 1 heterocycles. The van der Waals surface area contributed by atoms with Gasteiger partial charge in [-0.15, -0.1) is 0 Å². The molecule has 74 valence electrons. The number of nitrogen functional groups attached to an aromatic ring is 1. The molecule has 0 atom stereocenters. The van der Waals surface area contributed by atoms with E-state index in [2.05, 4.69) is 4.98 Å². The Morgan fingerprint density at radius 2 is 2.29 bits per heavy atom. The highest BCUT2D eigenvalue weighted by molar-refractivity contribution is 5.65. The second kappa shape index (κ2) is 3.13. The predicted octanol–water partition coefficient (Wildman–Crippen LogP) is 1.11. The number of pyridine rings is 1. The highest BCUT2D eigenvalue weighted by Crippen LogP contribution is 2.34. The Hall–Kier alpha value is -1.85. The lowest BCUT2D eigenvalue weighted by atomic mass is 10.3. The summed E-state index contributed by atoms with van der Waals surface area (Å²) in [5.41, 5.74) is 5.40. The number of nitrogens with two attached hydrogens (primary N) is 1. The van der Waals surface area contributed by atoms with E-state index in [-0.39, 0.29) is 17.5 Å². The highest BCUT2D eigenvalue weighted by Gasteiger charge is 2.26. The van der Waals surface area contributed by atoms with Crippen molar-refractivity contribution < 1.29 is 9.66 Å². The van der Waals surface area contributed by atoms with Gasteiger partial charge in [-0.2, -0.15) is 0 Å². The van der Waals surface area contributed by atoms with Gasteiger partial charge in [0.25, 0.3) is 0 Å². The molecule has 1 aromatic rings. The molecule has 0 saturated heterocycles. The summed E-state index contributed by atoms with van der Waals surface area (Å²) >= 11 is 0. The maximum Gasteiger partial charge on any atom is 0.314 e. The summed E-state index contributed by atoms with van der Waals surface area (Å²) < 4.78 is 5.35. The van der Waals surface area contributed by atoms with Crippen LogP contribution in [0.25, 0.3) is 0 Å². The van der Waals surface area contributed by atoms with Crippen molar-refractivity contribution in [1.82, 2.24) is 4.98 Å². The molecule has 0 spiro atoms. The van der Waals surface area contributed by atoms with Gasteiger partial charge in [0.2, 0.25) is 0 Å². The maximum absolute atomic E-state index is 10.5. The van der Waals surface area contributed by atoms with Crippen LogP contribution in [0.15, 0.2) is 12.4 Å². The van der Waals surface area contributed by atoms with Crippen molar-refractivity contribution in [3.8, 4) is 5.75 Å². The Morgan fingerprint density at radius 1 is 1.57 bits per heavy atom. The van der Waals surface area contributed by atoms with Crippen LogP contribution in [0, 0.1) is 10.1 Å². The van der Waals surface area contributed by atoms with Crippen molar-refractivity contribution in [1.29, 1.82) is 0 Å². The normalized spacial score (nSPS) is 15.1. The van der Waals surface area contributed by atoms with E-state index in [1.54, 1.807) is 0 Å². The molecule has 0 unspecified atom stereocenters. The summed E-state index contributed by atoms with van der Waals surface area (Å²) in [6, 6.07) is 0. The van der Waals surface area contributed by atoms with Crippen LogP contribution in [-0.2, 0) is 0 Å². The molecule has 0 aliphatic heterocycles. The standard InChI is InChI=1S/C8H9N3O3/c9-8-6(11(12)13)3-10-4-7(8)14-5-1-2-5/h3-5H,1-2H2,(H2,9,10). The minimum atomic E-state index is -0.567. The average molecular weight is 195 g/mol. The fourth-order valence-electron chi connectivity index (χ4n) is 1.05. The van der Waals surface area contributed by atoms with E-state index < -0.39 is 4.92 Å². The lowest BCUT2D eigenvalue weighted by Gasteiger charge is -2.06. The van der Waals surface area contributed by atoms with E-state index in [1.165, 1.54) is 6.20 Å². The van der Waals surface area contributed by atoms with Crippen molar-refractivity contribution in [3.63, 3.8) is 0 Å². The van der Waals surface area contributed by atoms with Gasteiger partial charge in [-0.25, -0.2) is 0 Å². The second-order valence-electron chi connectivity index (χ2n) is 3.14. The van der Waals surface area contributed by atoms with Crippen molar-refractivity contribution >= 4 is 11.4 Å². The largest absolute Gasteiger partial charge is 0.486 e. The van der Waals surface area contributed by atoms with Crippen LogP contribution in [0.5, 0.6) is 5.75 Å². The first-order chi connectivity index (χ1) is 6.68. The number of aromatic nitrogens is 1. The molecule has 14 heavy (non-hydrogen) atoms. The third-order valence-electron chi connectivity index (χ3n) is 1.94. The molecule has 0 bridgehead atoms. The van der Waals surface area contributed by atoms with Crippen LogP contribution in [-0.4, -0.2) is 16.0 Å². The monoisotopic (exact) mass is 195 g/mol. The van der Waals surface area contributed by atoms with E-state index in [1.807, 2.05) is 0 Å². The molecule has 1 aliphatic carbocycles. The lowest BCUT2D eigenvalue weighted by molar-refractivity contribution is -0.384. The van der Waals surface area contributed by atoms with Crippen molar-refractivity contribution in [3.05, 3.63) is 22.5 Å². The predicted molar refractivity (Wildman–Crippen MR) is 49.0 cm³/mol. The van der Waals surface area contributed by atoms with Gasteiger partial charge in [-0.1, -0.05) is 0 Å². The van der Waals surface area contributed by atoms with E-state index in [0.29, 0.717) is 5.75 Å². The van der Waals surface area contributed by atoms with E-state index >= 15 is 0 Å². The fraction of sp³-hybridized carbons (Fsp3) is 0.375. The third-order valence-corrected chi connectivity index (χ3v) is 1.94. The van der Waals surface area contributed by atoms with E-state index in [0.717, 1.165) is 19.0 Å². The van der Waals surface area contributed by atoms with Gasteiger partial charge in [0.1, 0.15) is 6.20 Å². The van der Waals surface area contributed by atoms with Crippen LogP contribution < -0.4 is 10.5 Å². The van der Waals surface area contributed by atoms with Gasteiger partial charge in [-0.05, 0) is 12.8 Å². The number of rotatable bonds is 3. The molecule has 2 N–H and O–H groups in total. The molecule has 6 nitrogen and oxygen atoms in total. The zero-order valence-electron chi connectivity index (χ0n) is 7.34. The van der Waals surface area contributed by atoms with Crippen LogP contribution in [0.3, 0.4) is 0 Å². The number of ether oxygens (including phenoxy) is 1. The molecule has 1 fully saturated rings. The first kappa shape index (κ1) is 8.74. The number of nitrogens with zero attached hydrogens (tertiary/aromatic N) is 2. The van der Waals surface area contributed by atoms with Crippen LogP contribution in [0.4, 0.5) is 11.4 Å². The lowest BCUT2D eigenvalue weighted by Crippen LogP contribution is -2.03. The summed E-state index contributed by atoms with van der Waals surface area (Å²) in [7, 11) is 0. The van der Waals surface area contributed by atoms with Crippen LogP contribution in [0.2, 0.25) is 0 Å². The van der Waals surface area contributed by atoms with Crippen molar-refractivity contribution in [2.24, 2.45) is 0 Å². The Balaban J connectivity index is 2.30. The smallest absolute Gasteiger partial charge is 0.314 e. The molecule has 0 aromatic carbocycles. The van der Waals surface area contributed by atoms with Gasteiger partial charge in [-0.3, -0.25) is 15.1 Å². The SMILES string of the molecule is Nc1c(OC2CC2)cncc1[N+](=O)[O-]. The molecular formula is C8H9N3O3. The Bertz CT molecular complexity index is 376. The molecule has 6 heteroatoms. The molecule has 0 amide bonds. The molecular weight excluding hydrogens is 186 g/mol. The maximum atomic E-state index is 10.5. The first-order valence-corrected chi connectivity index (χ1v) is 4.23.